The first-order valence-corrected chi connectivity index (χ1v) is 12.5. The highest BCUT2D eigenvalue weighted by Crippen LogP contribution is 2.68. The van der Waals surface area contributed by atoms with Gasteiger partial charge in [0.2, 0.25) is 0 Å². The molecule has 4 rings (SSSR count). The summed E-state index contributed by atoms with van der Waals surface area (Å²) in [6.45, 7) is 7.34. The standard InChI is InChI=1S/C24H37BrO3/c1-14(4-9-21(27)28)16-7-8-17-15-5-6-19-22(25)20(26)11-13-24(19,3)18(15)10-12-23(16,17)2/h14-19,22H,4-13H2,1-3H3,(H,27,28)/t14-,15+,16-,17+,18+,19+,22-,23-,24-/m1/s1. The largest absolute Gasteiger partial charge is 0.481 e. The molecule has 4 saturated carbocycles. The fourth-order valence-corrected chi connectivity index (χ4v) is 9.72. The molecule has 0 unspecified atom stereocenters. The molecule has 28 heavy (non-hydrogen) atoms. The van der Waals surface area contributed by atoms with Crippen LogP contribution in [-0.2, 0) is 9.59 Å². The van der Waals surface area contributed by atoms with E-state index in [-0.39, 0.29) is 4.83 Å². The number of carboxylic acid groups (broad SMARTS) is 1. The average Bonchev–Trinajstić information content (AvgIpc) is 3.00. The van der Waals surface area contributed by atoms with Crippen molar-refractivity contribution in [2.24, 2.45) is 46.3 Å². The van der Waals surface area contributed by atoms with Gasteiger partial charge in [-0.15, -0.1) is 0 Å². The van der Waals surface area contributed by atoms with Crippen molar-refractivity contribution < 1.29 is 14.7 Å². The summed E-state index contributed by atoms with van der Waals surface area (Å²) in [4.78, 5) is 23.5. The number of rotatable bonds is 4. The smallest absolute Gasteiger partial charge is 0.303 e. The van der Waals surface area contributed by atoms with Crippen molar-refractivity contribution in [3.63, 3.8) is 0 Å². The minimum Gasteiger partial charge on any atom is -0.481 e. The molecule has 4 aliphatic carbocycles. The zero-order valence-electron chi connectivity index (χ0n) is 17.8. The molecule has 4 fully saturated rings. The molecule has 3 nitrogen and oxygen atoms in total. The van der Waals surface area contributed by atoms with Gasteiger partial charge in [0.1, 0.15) is 5.78 Å². The maximum Gasteiger partial charge on any atom is 0.303 e. The Morgan fingerprint density at radius 2 is 1.75 bits per heavy atom. The third kappa shape index (κ3) is 3.11. The van der Waals surface area contributed by atoms with E-state index in [1.165, 1.54) is 38.5 Å². The molecule has 0 aromatic carbocycles. The first-order chi connectivity index (χ1) is 13.2. The van der Waals surface area contributed by atoms with E-state index < -0.39 is 5.97 Å². The molecule has 4 aliphatic rings. The second kappa shape index (κ2) is 7.39. The van der Waals surface area contributed by atoms with Crippen molar-refractivity contribution in [2.45, 2.75) is 89.8 Å². The summed E-state index contributed by atoms with van der Waals surface area (Å²) < 4.78 is 0. The summed E-state index contributed by atoms with van der Waals surface area (Å²) in [7, 11) is 0. The lowest BCUT2D eigenvalue weighted by Gasteiger charge is -2.61. The van der Waals surface area contributed by atoms with Gasteiger partial charge in [-0.2, -0.15) is 0 Å². The second-order valence-corrected chi connectivity index (χ2v) is 12.1. The van der Waals surface area contributed by atoms with E-state index in [9.17, 15) is 9.59 Å². The first kappa shape index (κ1) is 20.9. The second-order valence-electron chi connectivity index (χ2n) is 11.1. The number of carbonyl (C=O) groups excluding carboxylic acids is 1. The molecule has 0 bridgehead atoms. The van der Waals surface area contributed by atoms with Gasteiger partial charge in [0.15, 0.2) is 0 Å². The Bertz CT molecular complexity index is 648. The lowest BCUT2D eigenvalue weighted by Crippen LogP contribution is -2.56. The number of aliphatic carboxylic acids is 1. The molecule has 0 aromatic heterocycles. The highest BCUT2D eigenvalue weighted by molar-refractivity contribution is 9.10. The fraction of sp³-hybridized carbons (Fsp3) is 0.917. The third-order valence-corrected chi connectivity index (χ3v) is 11.2. The third-order valence-electron chi connectivity index (χ3n) is 10.1. The number of hydrogen-bond acceptors (Lipinski definition) is 2. The Labute approximate surface area is 178 Å². The molecule has 0 saturated heterocycles. The number of halogens is 1. The summed E-state index contributed by atoms with van der Waals surface area (Å²) in [6.07, 6.45) is 10.7. The van der Waals surface area contributed by atoms with Crippen LogP contribution in [0.3, 0.4) is 0 Å². The lowest BCUT2D eigenvalue weighted by molar-refractivity contribution is -0.139. The maximum absolute atomic E-state index is 12.3. The summed E-state index contributed by atoms with van der Waals surface area (Å²) >= 11 is 3.77. The summed E-state index contributed by atoms with van der Waals surface area (Å²) in [5, 5.41) is 9.11. The van der Waals surface area contributed by atoms with Gasteiger partial charge in [-0.3, -0.25) is 9.59 Å². The predicted octanol–water partition coefficient (Wildman–Crippen LogP) is 6.09. The summed E-state index contributed by atoms with van der Waals surface area (Å²) in [6, 6.07) is 0. The van der Waals surface area contributed by atoms with E-state index >= 15 is 0 Å². The lowest BCUT2D eigenvalue weighted by atomic mass is 9.44. The Morgan fingerprint density at radius 3 is 2.46 bits per heavy atom. The van der Waals surface area contributed by atoms with Crippen LogP contribution in [0.15, 0.2) is 0 Å². The minimum absolute atomic E-state index is 0.0767. The molecule has 0 spiro atoms. The molecule has 158 valence electrons. The van der Waals surface area contributed by atoms with E-state index in [4.69, 9.17) is 5.11 Å². The maximum atomic E-state index is 12.3. The molecule has 0 aromatic rings. The van der Waals surface area contributed by atoms with Crippen LogP contribution in [0.2, 0.25) is 0 Å². The van der Waals surface area contributed by atoms with Gasteiger partial charge in [0.25, 0.3) is 0 Å². The quantitative estimate of drug-likeness (QED) is 0.524. The zero-order valence-corrected chi connectivity index (χ0v) is 19.3. The van der Waals surface area contributed by atoms with Gasteiger partial charge in [-0.1, -0.05) is 36.7 Å². The molecule has 1 N–H and O–H groups in total. The van der Waals surface area contributed by atoms with Gasteiger partial charge < -0.3 is 5.11 Å². The first-order valence-electron chi connectivity index (χ1n) is 11.6. The van der Waals surface area contributed by atoms with Gasteiger partial charge >= 0.3 is 5.97 Å². The van der Waals surface area contributed by atoms with Crippen molar-refractivity contribution >= 4 is 27.7 Å². The number of fused-ring (bicyclic) bond motifs is 5. The Balaban J connectivity index is 1.53. The van der Waals surface area contributed by atoms with E-state index in [1.54, 1.807) is 0 Å². The molecule has 9 atom stereocenters. The van der Waals surface area contributed by atoms with E-state index in [2.05, 4.69) is 36.7 Å². The Kier molecular flexibility index (Phi) is 5.51. The molecular formula is C24H37BrO3. The molecule has 0 heterocycles. The highest BCUT2D eigenvalue weighted by atomic mass is 79.9. The SMILES string of the molecule is C[C@H](CCC(=O)O)[C@H]1CC[C@H]2[C@@H]3CC[C@H]4[C@@H](Br)C(=O)CC[C@]4(C)[C@H]3CC[C@]12C. The highest BCUT2D eigenvalue weighted by Gasteiger charge is 2.61. The van der Waals surface area contributed by atoms with Crippen LogP contribution in [0.5, 0.6) is 0 Å². The number of carbonyl (C=O) groups is 2. The van der Waals surface area contributed by atoms with E-state index in [0.29, 0.717) is 40.8 Å². The van der Waals surface area contributed by atoms with E-state index in [0.717, 1.165) is 37.0 Å². The molecule has 0 amide bonds. The van der Waals surface area contributed by atoms with Crippen LogP contribution in [0.4, 0.5) is 0 Å². The number of ketones is 1. The number of carboxylic acids is 1. The van der Waals surface area contributed by atoms with E-state index in [1.807, 2.05) is 0 Å². The monoisotopic (exact) mass is 452 g/mol. The molecule has 0 aliphatic heterocycles. The molecule has 0 radical (unpaired) electrons. The predicted molar refractivity (Wildman–Crippen MR) is 114 cm³/mol. The fourth-order valence-electron chi connectivity index (χ4n) is 8.62. The number of alkyl halides is 1. The average molecular weight is 453 g/mol. The van der Waals surface area contributed by atoms with Gasteiger partial charge in [-0.05, 0) is 97.7 Å². The van der Waals surface area contributed by atoms with Crippen LogP contribution in [0.25, 0.3) is 0 Å². The van der Waals surface area contributed by atoms with Crippen molar-refractivity contribution in [1.29, 1.82) is 0 Å². The van der Waals surface area contributed by atoms with Crippen molar-refractivity contribution in [1.82, 2.24) is 0 Å². The van der Waals surface area contributed by atoms with Crippen LogP contribution >= 0.6 is 15.9 Å². The zero-order chi connectivity index (χ0) is 20.3. The topological polar surface area (TPSA) is 54.4 Å². The summed E-state index contributed by atoms with van der Waals surface area (Å²) in [5.74, 6) is 3.86. The van der Waals surface area contributed by atoms with Gasteiger partial charge in [0, 0.05) is 12.8 Å². The van der Waals surface area contributed by atoms with Crippen LogP contribution in [-0.4, -0.2) is 21.7 Å². The minimum atomic E-state index is -0.655. The van der Waals surface area contributed by atoms with Crippen molar-refractivity contribution in [3.8, 4) is 0 Å². The van der Waals surface area contributed by atoms with Crippen LogP contribution in [0.1, 0.15) is 85.0 Å². The van der Waals surface area contributed by atoms with Gasteiger partial charge in [-0.25, -0.2) is 0 Å². The van der Waals surface area contributed by atoms with Crippen LogP contribution < -0.4 is 0 Å². The Morgan fingerprint density at radius 1 is 1.07 bits per heavy atom. The normalized spacial score (nSPS) is 49.1. The molecule has 4 heteroatoms. The summed E-state index contributed by atoms with van der Waals surface area (Å²) in [5.41, 5.74) is 0.708. The number of Topliss-reactive ketones (excluding diaryl/α,β-unsaturated/α-hetero) is 1. The van der Waals surface area contributed by atoms with Crippen molar-refractivity contribution in [2.75, 3.05) is 0 Å². The Hall–Kier alpha value is -0.380. The molecular weight excluding hydrogens is 416 g/mol. The van der Waals surface area contributed by atoms with Gasteiger partial charge in [0.05, 0.1) is 4.83 Å². The van der Waals surface area contributed by atoms with Crippen LogP contribution in [0, 0.1) is 46.3 Å². The van der Waals surface area contributed by atoms with Crippen molar-refractivity contribution in [3.05, 3.63) is 0 Å². The number of hydrogen-bond donors (Lipinski definition) is 1.